The first-order valence-corrected chi connectivity index (χ1v) is 8.28. The van der Waals surface area contributed by atoms with Crippen molar-refractivity contribution in [1.29, 1.82) is 0 Å². The highest BCUT2D eigenvalue weighted by atomic mass is 19.1. The Labute approximate surface area is 137 Å². The van der Waals surface area contributed by atoms with Crippen LogP contribution in [-0.4, -0.2) is 35.8 Å². The van der Waals surface area contributed by atoms with Crippen LogP contribution in [0, 0.1) is 11.7 Å². The lowest BCUT2D eigenvalue weighted by Crippen LogP contribution is -2.47. The Balaban J connectivity index is 1.73. The Hall–Kier alpha value is -1.91. The zero-order chi connectivity index (χ0) is 16.8. The summed E-state index contributed by atoms with van der Waals surface area (Å²) in [5.74, 6) is -0.0648. The number of nitrogens with one attached hydrogen (secondary N) is 1. The van der Waals surface area contributed by atoms with Crippen LogP contribution in [0.5, 0.6) is 0 Å². The van der Waals surface area contributed by atoms with Gasteiger partial charge in [-0.2, -0.15) is 0 Å². The van der Waals surface area contributed by atoms with E-state index in [0.717, 1.165) is 18.4 Å². The molecule has 0 unspecified atom stereocenters. The van der Waals surface area contributed by atoms with E-state index in [1.807, 2.05) is 18.7 Å². The Morgan fingerprint density at radius 1 is 1.22 bits per heavy atom. The Kier molecular flexibility index (Phi) is 6.13. The Bertz CT molecular complexity index is 534. The van der Waals surface area contributed by atoms with Crippen LogP contribution in [0.4, 0.5) is 4.39 Å². The molecule has 0 radical (unpaired) electrons. The minimum absolute atomic E-state index is 0.00892. The molecule has 0 spiro atoms. The average molecular weight is 320 g/mol. The van der Waals surface area contributed by atoms with Gasteiger partial charge in [-0.05, 0) is 37.0 Å². The summed E-state index contributed by atoms with van der Waals surface area (Å²) in [7, 11) is 0. The molecule has 0 atom stereocenters. The fourth-order valence-corrected chi connectivity index (χ4v) is 2.70. The predicted octanol–water partition coefficient (Wildman–Crippen LogP) is 2.52. The second kappa shape index (κ2) is 8.09. The molecule has 1 aromatic rings. The van der Waals surface area contributed by atoms with E-state index in [0.29, 0.717) is 25.9 Å². The highest BCUT2D eigenvalue weighted by molar-refractivity contribution is 5.78. The Morgan fingerprint density at radius 3 is 2.39 bits per heavy atom. The van der Waals surface area contributed by atoms with Crippen LogP contribution in [0.3, 0.4) is 0 Å². The van der Waals surface area contributed by atoms with E-state index >= 15 is 0 Å². The van der Waals surface area contributed by atoms with Crippen LogP contribution in [0.15, 0.2) is 24.3 Å². The number of benzene rings is 1. The number of piperidine rings is 1. The van der Waals surface area contributed by atoms with Gasteiger partial charge in [0.1, 0.15) is 5.82 Å². The summed E-state index contributed by atoms with van der Waals surface area (Å²) in [6.07, 6.45) is 2.68. The van der Waals surface area contributed by atoms with E-state index < -0.39 is 0 Å². The summed E-state index contributed by atoms with van der Waals surface area (Å²) in [5, 5.41) is 3.03. The van der Waals surface area contributed by atoms with Crippen LogP contribution >= 0.6 is 0 Å². The molecule has 1 aliphatic rings. The number of aryl methyl sites for hydroxylation is 1. The van der Waals surface area contributed by atoms with Gasteiger partial charge in [-0.25, -0.2) is 4.39 Å². The standard InChI is InChI=1S/C18H25FN2O2/c1-13(2)18(23)20-16-9-11-21(12-10-16)17(22)8-5-14-3-6-15(19)7-4-14/h3-4,6-7,13,16H,5,8-12H2,1-2H3,(H,20,23). The number of carbonyl (C=O) groups excluding carboxylic acids is 2. The molecule has 1 N–H and O–H groups in total. The number of hydrogen-bond acceptors (Lipinski definition) is 2. The highest BCUT2D eigenvalue weighted by Crippen LogP contribution is 2.14. The summed E-state index contributed by atoms with van der Waals surface area (Å²) in [6.45, 7) is 5.13. The van der Waals surface area contributed by atoms with Gasteiger partial charge in [0.2, 0.25) is 11.8 Å². The second-order valence-electron chi connectivity index (χ2n) is 6.44. The molecule has 0 aliphatic carbocycles. The zero-order valence-corrected chi connectivity index (χ0v) is 13.8. The lowest BCUT2D eigenvalue weighted by atomic mass is 10.0. The smallest absolute Gasteiger partial charge is 0.222 e. The van der Waals surface area contributed by atoms with Crippen molar-refractivity contribution in [2.75, 3.05) is 13.1 Å². The van der Waals surface area contributed by atoms with Crippen molar-refractivity contribution in [1.82, 2.24) is 10.2 Å². The van der Waals surface area contributed by atoms with E-state index in [9.17, 15) is 14.0 Å². The van der Waals surface area contributed by atoms with Gasteiger partial charge in [0.15, 0.2) is 0 Å². The number of hydrogen-bond donors (Lipinski definition) is 1. The maximum absolute atomic E-state index is 12.8. The molecule has 2 rings (SSSR count). The van der Waals surface area contributed by atoms with Crippen LogP contribution in [0.1, 0.15) is 38.7 Å². The third-order valence-corrected chi connectivity index (χ3v) is 4.26. The van der Waals surface area contributed by atoms with E-state index in [1.165, 1.54) is 12.1 Å². The van der Waals surface area contributed by atoms with Gasteiger partial charge in [0.05, 0.1) is 0 Å². The average Bonchev–Trinajstić information content (AvgIpc) is 2.54. The first-order chi connectivity index (χ1) is 11.0. The van der Waals surface area contributed by atoms with E-state index in [1.54, 1.807) is 12.1 Å². The number of halogens is 1. The molecule has 0 saturated carbocycles. The predicted molar refractivity (Wildman–Crippen MR) is 87.3 cm³/mol. The molecule has 23 heavy (non-hydrogen) atoms. The lowest BCUT2D eigenvalue weighted by Gasteiger charge is -2.32. The molecule has 126 valence electrons. The van der Waals surface area contributed by atoms with Gasteiger partial charge in [-0.1, -0.05) is 26.0 Å². The van der Waals surface area contributed by atoms with Crippen molar-refractivity contribution >= 4 is 11.8 Å². The summed E-state index contributed by atoms with van der Waals surface area (Å²) in [6, 6.07) is 6.45. The van der Waals surface area contributed by atoms with Crippen molar-refractivity contribution in [3.63, 3.8) is 0 Å². The summed E-state index contributed by atoms with van der Waals surface area (Å²) in [4.78, 5) is 25.8. The molecule has 1 fully saturated rings. The van der Waals surface area contributed by atoms with Crippen molar-refractivity contribution in [2.24, 2.45) is 5.92 Å². The van der Waals surface area contributed by atoms with E-state index in [2.05, 4.69) is 5.32 Å². The number of carbonyl (C=O) groups is 2. The first kappa shape index (κ1) is 17.4. The van der Waals surface area contributed by atoms with Crippen molar-refractivity contribution in [3.8, 4) is 0 Å². The van der Waals surface area contributed by atoms with Crippen LogP contribution < -0.4 is 5.32 Å². The molecule has 1 heterocycles. The molecule has 1 aromatic carbocycles. The third kappa shape index (κ3) is 5.34. The summed E-state index contributed by atoms with van der Waals surface area (Å²) >= 11 is 0. The van der Waals surface area contributed by atoms with Gasteiger partial charge in [-0.3, -0.25) is 9.59 Å². The highest BCUT2D eigenvalue weighted by Gasteiger charge is 2.24. The van der Waals surface area contributed by atoms with Gasteiger partial charge in [0.25, 0.3) is 0 Å². The van der Waals surface area contributed by atoms with Crippen LogP contribution in [0.25, 0.3) is 0 Å². The summed E-state index contributed by atoms with van der Waals surface area (Å²) in [5.41, 5.74) is 0.971. The molecule has 0 bridgehead atoms. The number of likely N-dealkylation sites (tertiary alicyclic amines) is 1. The van der Waals surface area contributed by atoms with Crippen LogP contribution in [0.2, 0.25) is 0 Å². The van der Waals surface area contributed by atoms with Gasteiger partial charge >= 0.3 is 0 Å². The fourth-order valence-electron chi connectivity index (χ4n) is 2.70. The summed E-state index contributed by atoms with van der Waals surface area (Å²) < 4.78 is 12.8. The maximum Gasteiger partial charge on any atom is 0.222 e. The third-order valence-electron chi connectivity index (χ3n) is 4.26. The molecule has 4 nitrogen and oxygen atoms in total. The number of rotatable bonds is 5. The first-order valence-electron chi connectivity index (χ1n) is 8.28. The second-order valence-corrected chi connectivity index (χ2v) is 6.44. The minimum atomic E-state index is -0.259. The quantitative estimate of drug-likeness (QED) is 0.906. The number of nitrogens with zero attached hydrogens (tertiary/aromatic N) is 1. The largest absolute Gasteiger partial charge is 0.353 e. The van der Waals surface area contributed by atoms with Gasteiger partial charge < -0.3 is 10.2 Å². The zero-order valence-electron chi connectivity index (χ0n) is 13.8. The fraction of sp³-hybridized carbons (Fsp3) is 0.556. The molecule has 1 saturated heterocycles. The molecular weight excluding hydrogens is 295 g/mol. The molecule has 1 aliphatic heterocycles. The van der Waals surface area contributed by atoms with Crippen molar-refractivity contribution < 1.29 is 14.0 Å². The van der Waals surface area contributed by atoms with E-state index in [-0.39, 0.29) is 29.6 Å². The molecular formula is C18H25FN2O2. The Morgan fingerprint density at radius 2 is 1.83 bits per heavy atom. The molecule has 0 aromatic heterocycles. The minimum Gasteiger partial charge on any atom is -0.353 e. The SMILES string of the molecule is CC(C)C(=O)NC1CCN(C(=O)CCc2ccc(F)cc2)CC1. The van der Waals surface area contributed by atoms with Crippen LogP contribution in [-0.2, 0) is 16.0 Å². The molecule has 2 amide bonds. The normalized spacial score (nSPS) is 15.7. The van der Waals surface area contributed by atoms with E-state index in [4.69, 9.17) is 0 Å². The monoisotopic (exact) mass is 320 g/mol. The van der Waals surface area contributed by atoms with Gasteiger partial charge in [-0.15, -0.1) is 0 Å². The maximum atomic E-state index is 12.8. The van der Waals surface area contributed by atoms with Crippen molar-refractivity contribution in [3.05, 3.63) is 35.6 Å². The van der Waals surface area contributed by atoms with Crippen molar-refractivity contribution in [2.45, 2.75) is 45.6 Å². The topological polar surface area (TPSA) is 49.4 Å². The number of amides is 2. The van der Waals surface area contributed by atoms with Gasteiger partial charge in [0, 0.05) is 31.5 Å². The lowest BCUT2D eigenvalue weighted by molar-refractivity contribution is -0.132. The molecule has 5 heteroatoms.